The van der Waals surface area contributed by atoms with Crippen LogP contribution in [-0.2, 0) is 12.6 Å². The van der Waals surface area contributed by atoms with Gasteiger partial charge in [-0.1, -0.05) is 19.8 Å². The summed E-state index contributed by atoms with van der Waals surface area (Å²) in [5.41, 5.74) is -1.08. The number of aromatic carboxylic acids is 1. The minimum Gasteiger partial charge on any atom is -0.476 e. The van der Waals surface area contributed by atoms with E-state index in [1.54, 1.807) is 0 Å². The van der Waals surface area contributed by atoms with Gasteiger partial charge in [0.25, 0.3) is 0 Å². The maximum Gasteiger partial charge on any atom is 0.416 e. The molecular weight excluding hydrogens is 297 g/mol. The number of rotatable bonds is 5. The van der Waals surface area contributed by atoms with Crippen molar-refractivity contribution in [1.29, 1.82) is 0 Å². The van der Waals surface area contributed by atoms with Gasteiger partial charge in [0.05, 0.1) is 11.1 Å². The molecule has 1 aromatic heterocycles. The number of carboxylic acids is 1. The zero-order valence-electron chi connectivity index (χ0n) is 11.9. The fourth-order valence-corrected chi connectivity index (χ4v) is 2.16. The highest BCUT2D eigenvalue weighted by molar-refractivity contribution is 6.00. The summed E-state index contributed by atoms with van der Waals surface area (Å²) in [6, 6.07) is 2.88. The number of fused-ring (bicyclic) bond motifs is 1. The summed E-state index contributed by atoms with van der Waals surface area (Å²) >= 11 is 0. The topological polar surface area (TPSA) is 63.1 Å². The predicted octanol–water partition coefficient (Wildman–Crippen LogP) is 4.08. The van der Waals surface area contributed by atoms with E-state index in [4.69, 9.17) is 0 Å². The molecule has 0 aliphatic rings. The number of hydrogen-bond acceptors (Lipinski definition) is 3. The summed E-state index contributed by atoms with van der Waals surface area (Å²) in [6.45, 7) is 2.03. The molecule has 1 heterocycles. The molecule has 0 aliphatic heterocycles. The molecule has 7 heteroatoms. The van der Waals surface area contributed by atoms with Gasteiger partial charge in [-0.15, -0.1) is 0 Å². The molecular formula is C15H15F3N2O2. The minimum absolute atomic E-state index is 0.0958. The van der Waals surface area contributed by atoms with Crippen molar-refractivity contribution in [1.82, 2.24) is 9.97 Å². The van der Waals surface area contributed by atoms with E-state index in [1.165, 1.54) is 6.07 Å². The molecule has 118 valence electrons. The van der Waals surface area contributed by atoms with E-state index in [1.807, 2.05) is 6.92 Å². The largest absolute Gasteiger partial charge is 0.476 e. The Labute approximate surface area is 125 Å². The fourth-order valence-electron chi connectivity index (χ4n) is 2.16. The second-order valence-electron chi connectivity index (χ2n) is 4.98. The summed E-state index contributed by atoms with van der Waals surface area (Å²) in [5.74, 6) is -1.01. The summed E-state index contributed by atoms with van der Waals surface area (Å²) in [5, 5.41) is 9.11. The van der Waals surface area contributed by atoms with Crippen LogP contribution in [0.2, 0.25) is 0 Å². The standard InChI is InChI=1S/C15H15F3N2O2/c1-2-3-4-5-12-19-11-7-6-9(15(16,17)18)8-10(11)13(20-12)14(21)22/h6-8H,2-5H2,1H3,(H,21,22). The molecule has 0 aliphatic carbocycles. The van der Waals surface area contributed by atoms with E-state index in [9.17, 15) is 23.1 Å². The second kappa shape index (κ2) is 6.29. The van der Waals surface area contributed by atoms with Gasteiger partial charge in [0.2, 0.25) is 0 Å². The first-order valence-electron chi connectivity index (χ1n) is 6.94. The number of unbranched alkanes of at least 4 members (excludes halogenated alkanes) is 2. The van der Waals surface area contributed by atoms with Crippen molar-refractivity contribution < 1.29 is 23.1 Å². The Bertz CT molecular complexity index is 699. The summed E-state index contributed by atoms with van der Waals surface area (Å²) in [7, 11) is 0. The Morgan fingerprint density at radius 1 is 1.23 bits per heavy atom. The van der Waals surface area contributed by atoms with Gasteiger partial charge >= 0.3 is 12.1 Å². The minimum atomic E-state index is -4.54. The number of benzene rings is 1. The predicted molar refractivity (Wildman–Crippen MR) is 74.7 cm³/mol. The zero-order valence-corrected chi connectivity index (χ0v) is 11.9. The monoisotopic (exact) mass is 312 g/mol. The van der Waals surface area contributed by atoms with Crippen LogP contribution in [0.3, 0.4) is 0 Å². The SMILES string of the molecule is CCCCCc1nc(C(=O)O)c2cc(C(F)(F)F)ccc2n1. The lowest BCUT2D eigenvalue weighted by Crippen LogP contribution is -2.09. The quantitative estimate of drug-likeness (QED) is 0.845. The molecule has 0 atom stereocenters. The number of carboxylic acid groups (broad SMARTS) is 1. The summed E-state index contributed by atoms with van der Waals surface area (Å²) in [4.78, 5) is 19.4. The Morgan fingerprint density at radius 3 is 2.55 bits per heavy atom. The molecule has 2 rings (SSSR count). The molecule has 0 fully saturated rings. The van der Waals surface area contributed by atoms with E-state index in [2.05, 4.69) is 9.97 Å². The van der Waals surface area contributed by atoms with Gasteiger partial charge in [-0.3, -0.25) is 0 Å². The highest BCUT2D eigenvalue weighted by atomic mass is 19.4. The first-order valence-corrected chi connectivity index (χ1v) is 6.94. The number of halogens is 3. The van der Waals surface area contributed by atoms with Crippen molar-refractivity contribution in [2.45, 2.75) is 38.8 Å². The van der Waals surface area contributed by atoms with E-state index in [0.29, 0.717) is 12.2 Å². The van der Waals surface area contributed by atoms with Crippen molar-refractivity contribution in [3.63, 3.8) is 0 Å². The van der Waals surface area contributed by atoms with Crippen LogP contribution < -0.4 is 0 Å². The van der Waals surface area contributed by atoms with Crippen LogP contribution in [0.4, 0.5) is 13.2 Å². The fraction of sp³-hybridized carbons (Fsp3) is 0.400. The van der Waals surface area contributed by atoms with Crippen LogP contribution in [0.25, 0.3) is 10.9 Å². The molecule has 0 bridgehead atoms. The van der Waals surface area contributed by atoms with E-state index in [0.717, 1.165) is 31.4 Å². The Balaban J connectivity index is 2.52. The number of aromatic nitrogens is 2. The molecule has 0 saturated carbocycles. The molecule has 0 unspecified atom stereocenters. The number of carbonyl (C=O) groups is 1. The third kappa shape index (κ3) is 3.52. The lowest BCUT2D eigenvalue weighted by Gasteiger charge is -2.10. The van der Waals surface area contributed by atoms with Crippen LogP contribution in [-0.4, -0.2) is 21.0 Å². The van der Waals surface area contributed by atoms with Gasteiger partial charge in [0, 0.05) is 11.8 Å². The van der Waals surface area contributed by atoms with Crippen LogP contribution in [0.1, 0.15) is 48.1 Å². The second-order valence-corrected chi connectivity index (χ2v) is 4.98. The summed E-state index contributed by atoms with van der Waals surface area (Å²) < 4.78 is 38.2. The lowest BCUT2D eigenvalue weighted by atomic mass is 10.1. The van der Waals surface area contributed by atoms with Crippen molar-refractivity contribution in [3.05, 3.63) is 35.3 Å². The first-order chi connectivity index (χ1) is 10.3. The average molecular weight is 312 g/mol. The maximum atomic E-state index is 12.7. The highest BCUT2D eigenvalue weighted by Gasteiger charge is 2.31. The number of aryl methyl sites for hydroxylation is 1. The van der Waals surface area contributed by atoms with Crippen LogP contribution in [0.5, 0.6) is 0 Å². The normalized spacial score (nSPS) is 11.8. The molecule has 4 nitrogen and oxygen atoms in total. The van der Waals surface area contributed by atoms with Gasteiger partial charge < -0.3 is 5.11 Å². The van der Waals surface area contributed by atoms with Crippen LogP contribution in [0.15, 0.2) is 18.2 Å². The van der Waals surface area contributed by atoms with Crippen molar-refractivity contribution in [2.75, 3.05) is 0 Å². The molecule has 0 amide bonds. The Morgan fingerprint density at radius 2 is 1.95 bits per heavy atom. The van der Waals surface area contributed by atoms with Gasteiger partial charge in [0.15, 0.2) is 5.69 Å². The van der Waals surface area contributed by atoms with Crippen LogP contribution in [0, 0.1) is 0 Å². The maximum absolute atomic E-state index is 12.7. The molecule has 0 spiro atoms. The number of alkyl halides is 3. The van der Waals surface area contributed by atoms with Crippen molar-refractivity contribution in [2.24, 2.45) is 0 Å². The van der Waals surface area contributed by atoms with E-state index in [-0.39, 0.29) is 16.6 Å². The van der Waals surface area contributed by atoms with Crippen LogP contribution >= 0.6 is 0 Å². The average Bonchev–Trinajstić information content (AvgIpc) is 2.45. The molecule has 0 saturated heterocycles. The highest BCUT2D eigenvalue weighted by Crippen LogP contribution is 2.31. The van der Waals surface area contributed by atoms with E-state index < -0.39 is 17.7 Å². The number of hydrogen-bond donors (Lipinski definition) is 1. The Kier molecular flexibility index (Phi) is 4.63. The van der Waals surface area contributed by atoms with Gasteiger partial charge in [0.1, 0.15) is 5.82 Å². The van der Waals surface area contributed by atoms with Crippen molar-refractivity contribution in [3.8, 4) is 0 Å². The van der Waals surface area contributed by atoms with Gasteiger partial charge in [-0.05, 0) is 24.6 Å². The molecule has 0 radical (unpaired) electrons. The molecule has 22 heavy (non-hydrogen) atoms. The van der Waals surface area contributed by atoms with Crippen molar-refractivity contribution >= 4 is 16.9 Å². The number of nitrogens with zero attached hydrogens (tertiary/aromatic N) is 2. The molecule has 1 N–H and O–H groups in total. The van der Waals surface area contributed by atoms with Gasteiger partial charge in [-0.25, -0.2) is 14.8 Å². The Hall–Kier alpha value is -2.18. The molecule has 2 aromatic rings. The third-order valence-electron chi connectivity index (χ3n) is 3.28. The summed E-state index contributed by atoms with van der Waals surface area (Å²) in [6.07, 6.45) is -1.28. The lowest BCUT2D eigenvalue weighted by molar-refractivity contribution is -0.137. The smallest absolute Gasteiger partial charge is 0.416 e. The molecule has 1 aromatic carbocycles. The third-order valence-corrected chi connectivity index (χ3v) is 3.28. The zero-order chi connectivity index (χ0) is 16.3. The van der Waals surface area contributed by atoms with E-state index >= 15 is 0 Å². The first kappa shape index (κ1) is 16.2. The van der Waals surface area contributed by atoms with Gasteiger partial charge in [-0.2, -0.15) is 13.2 Å².